The number of benzene rings is 1. The molecule has 0 bridgehead atoms. The smallest absolute Gasteiger partial charge is 0.179 e. The summed E-state index contributed by atoms with van der Waals surface area (Å²) in [7, 11) is 0. The van der Waals surface area contributed by atoms with Gasteiger partial charge in [-0.3, -0.25) is 0 Å². The van der Waals surface area contributed by atoms with Gasteiger partial charge in [-0.05, 0) is 0 Å². The zero-order chi connectivity index (χ0) is 10.1. The molecule has 0 saturated heterocycles. The molecule has 0 saturated carbocycles. The Labute approximate surface area is 86.0 Å². The molecule has 1 radical (unpaired) electrons. The van der Waals surface area contributed by atoms with E-state index in [-0.39, 0.29) is 0 Å². The maximum atomic E-state index is 4.10. The number of hydrogen-bond donors (Lipinski definition) is 1. The van der Waals surface area contributed by atoms with Crippen LogP contribution in [0.1, 0.15) is 0 Å². The van der Waals surface area contributed by atoms with Crippen LogP contribution in [-0.2, 0) is 0 Å². The van der Waals surface area contributed by atoms with Gasteiger partial charge in [0.25, 0.3) is 0 Å². The lowest BCUT2D eigenvalue weighted by molar-refractivity contribution is 1.05. The predicted octanol–water partition coefficient (Wildman–Crippen LogP) is 1.82. The molecular formula is C11H7N4. The van der Waals surface area contributed by atoms with Crippen LogP contribution >= 0.6 is 0 Å². The summed E-state index contributed by atoms with van der Waals surface area (Å²) in [5.74, 6) is 0.641. The van der Waals surface area contributed by atoms with E-state index in [2.05, 4.69) is 26.1 Å². The molecule has 71 valence electrons. The monoisotopic (exact) mass is 195 g/mol. The Kier molecular flexibility index (Phi) is 1.71. The molecule has 4 nitrogen and oxygen atoms in total. The number of H-pyrrole nitrogens is 1. The molecule has 0 spiro atoms. The van der Waals surface area contributed by atoms with E-state index < -0.39 is 0 Å². The first-order valence-corrected chi connectivity index (χ1v) is 4.56. The van der Waals surface area contributed by atoms with E-state index in [1.54, 1.807) is 0 Å². The number of fused-ring (bicyclic) bond motifs is 1. The molecule has 0 fully saturated rings. The minimum absolute atomic E-state index is 0.641. The summed E-state index contributed by atoms with van der Waals surface area (Å²) in [6.45, 7) is 0. The van der Waals surface area contributed by atoms with Gasteiger partial charge in [0.15, 0.2) is 5.82 Å². The van der Waals surface area contributed by atoms with Gasteiger partial charge in [-0.2, -0.15) is 0 Å². The third-order valence-electron chi connectivity index (χ3n) is 2.24. The quantitative estimate of drug-likeness (QED) is 0.644. The van der Waals surface area contributed by atoms with Crippen LogP contribution in [0.2, 0.25) is 0 Å². The minimum atomic E-state index is 0.641. The molecule has 0 amide bonds. The fourth-order valence-electron chi connectivity index (χ4n) is 1.55. The highest BCUT2D eigenvalue weighted by Crippen LogP contribution is 2.23. The van der Waals surface area contributed by atoms with Gasteiger partial charge in [0.1, 0.15) is 12.7 Å². The lowest BCUT2D eigenvalue weighted by atomic mass is 10.2. The van der Waals surface area contributed by atoms with Crippen LogP contribution in [0.15, 0.2) is 36.9 Å². The third kappa shape index (κ3) is 1.27. The van der Waals surface area contributed by atoms with E-state index in [1.807, 2.05) is 24.3 Å². The van der Waals surface area contributed by atoms with Gasteiger partial charge in [0, 0.05) is 10.8 Å². The average Bonchev–Trinajstić information content (AvgIpc) is 2.74. The first-order chi connectivity index (χ1) is 7.45. The number of aromatic nitrogens is 4. The van der Waals surface area contributed by atoms with Gasteiger partial charge in [-0.15, -0.1) is 0 Å². The summed E-state index contributed by atoms with van der Waals surface area (Å²) in [5, 5.41) is 2.11. The highest BCUT2D eigenvalue weighted by molar-refractivity contribution is 5.93. The molecule has 0 aliphatic rings. The molecule has 0 aliphatic carbocycles. The van der Waals surface area contributed by atoms with Crippen molar-refractivity contribution < 1.29 is 0 Å². The van der Waals surface area contributed by atoms with Crippen molar-refractivity contribution >= 4 is 10.8 Å². The van der Waals surface area contributed by atoms with Gasteiger partial charge >= 0.3 is 0 Å². The Morgan fingerprint density at radius 1 is 1.07 bits per heavy atom. The zero-order valence-electron chi connectivity index (χ0n) is 7.81. The summed E-state index contributed by atoms with van der Waals surface area (Å²) < 4.78 is 0. The van der Waals surface area contributed by atoms with Gasteiger partial charge < -0.3 is 4.98 Å². The van der Waals surface area contributed by atoms with Crippen molar-refractivity contribution in [1.29, 1.82) is 0 Å². The highest BCUT2D eigenvalue weighted by atomic mass is 15.0. The Morgan fingerprint density at radius 3 is 2.73 bits per heavy atom. The Balaban J connectivity index is 2.28. The summed E-state index contributed by atoms with van der Waals surface area (Å²) in [5.41, 5.74) is 0.882. The van der Waals surface area contributed by atoms with Crippen molar-refractivity contribution in [2.75, 3.05) is 0 Å². The van der Waals surface area contributed by atoms with Crippen LogP contribution in [0.5, 0.6) is 0 Å². The van der Waals surface area contributed by atoms with E-state index in [1.165, 1.54) is 12.7 Å². The van der Waals surface area contributed by atoms with Gasteiger partial charge in [-0.1, -0.05) is 24.3 Å². The Bertz CT molecular complexity index is 586. The van der Waals surface area contributed by atoms with Crippen molar-refractivity contribution in [3.63, 3.8) is 0 Å². The van der Waals surface area contributed by atoms with E-state index in [9.17, 15) is 0 Å². The molecule has 1 N–H and O–H groups in total. The zero-order valence-corrected chi connectivity index (χ0v) is 7.81. The number of rotatable bonds is 1. The second-order valence-corrected chi connectivity index (χ2v) is 3.13. The molecule has 1 aromatic carbocycles. The fourth-order valence-corrected chi connectivity index (χ4v) is 1.55. The number of hydrogen-bond acceptors (Lipinski definition) is 3. The molecule has 0 aliphatic heterocycles. The summed E-state index contributed by atoms with van der Waals surface area (Å²) >= 11 is 0. The number of nitrogens with zero attached hydrogens (tertiary/aromatic N) is 3. The molecule has 4 heteroatoms. The lowest BCUT2D eigenvalue weighted by Crippen LogP contribution is -1.89. The van der Waals surface area contributed by atoms with Crippen molar-refractivity contribution in [3.8, 4) is 11.5 Å². The van der Waals surface area contributed by atoms with Crippen LogP contribution in [-0.4, -0.2) is 19.9 Å². The van der Waals surface area contributed by atoms with E-state index in [4.69, 9.17) is 0 Å². The van der Waals surface area contributed by atoms with E-state index in [0.29, 0.717) is 5.82 Å². The fraction of sp³-hybridized carbons (Fsp3) is 0. The van der Waals surface area contributed by atoms with Crippen molar-refractivity contribution in [3.05, 3.63) is 43.1 Å². The molecule has 0 unspecified atom stereocenters. The number of nitrogens with one attached hydrogen (secondary N) is 1. The van der Waals surface area contributed by atoms with Crippen molar-refractivity contribution in [2.45, 2.75) is 0 Å². The molecule has 2 heterocycles. The second kappa shape index (κ2) is 3.16. The summed E-state index contributed by atoms with van der Waals surface area (Å²) in [4.78, 5) is 15.0. The van der Waals surface area contributed by atoms with Gasteiger partial charge in [0.05, 0.1) is 11.9 Å². The van der Waals surface area contributed by atoms with Crippen molar-refractivity contribution in [1.82, 2.24) is 19.9 Å². The second-order valence-electron chi connectivity index (χ2n) is 3.13. The SMILES string of the molecule is [c]1[nH]c(-c2ncncn2)c2ccccc12. The van der Waals surface area contributed by atoms with Crippen LogP contribution in [0.25, 0.3) is 22.3 Å². The molecule has 3 aromatic rings. The lowest BCUT2D eigenvalue weighted by Gasteiger charge is -1.95. The standard InChI is InChI=1S/C11H7N4/c1-2-4-9-8(3-1)5-13-10(9)11-14-6-12-7-15-11/h1-4,6-7,13H. The van der Waals surface area contributed by atoms with Gasteiger partial charge in [0.2, 0.25) is 0 Å². The average molecular weight is 195 g/mol. The topological polar surface area (TPSA) is 54.5 Å². The maximum absolute atomic E-state index is 4.10. The number of aromatic amines is 1. The van der Waals surface area contributed by atoms with E-state index in [0.717, 1.165) is 16.5 Å². The van der Waals surface area contributed by atoms with Crippen LogP contribution in [0.3, 0.4) is 0 Å². The maximum Gasteiger partial charge on any atom is 0.179 e. The normalized spacial score (nSPS) is 10.7. The van der Waals surface area contributed by atoms with Gasteiger partial charge in [-0.25, -0.2) is 15.0 Å². The highest BCUT2D eigenvalue weighted by Gasteiger charge is 2.07. The van der Waals surface area contributed by atoms with Crippen molar-refractivity contribution in [2.24, 2.45) is 0 Å². The summed E-state index contributed by atoms with van der Waals surface area (Å²) in [6.07, 6.45) is 6.03. The van der Waals surface area contributed by atoms with Crippen LogP contribution in [0.4, 0.5) is 0 Å². The summed E-state index contributed by atoms with van der Waals surface area (Å²) in [6, 6.07) is 7.97. The first kappa shape index (κ1) is 8.11. The molecule has 3 rings (SSSR count). The Morgan fingerprint density at radius 2 is 1.87 bits per heavy atom. The predicted molar refractivity (Wildman–Crippen MR) is 56.0 cm³/mol. The molecule has 15 heavy (non-hydrogen) atoms. The first-order valence-electron chi connectivity index (χ1n) is 4.56. The third-order valence-corrected chi connectivity index (χ3v) is 2.24. The van der Waals surface area contributed by atoms with E-state index >= 15 is 0 Å². The molecule has 2 aromatic heterocycles. The van der Waals surface area contributed by atoms with Crippen LogP contribution in [0, 0.1) is 6.20 Å². The molecular weight excluding hydrogens is 188 g/mol. The minimum Gasteiger partial charge on any atom is -0.350 e. The van der Waals surface area contributed by atoms with Crippen LogP contribution < -0.4 is 0 Å². The Hall–Kier alpha value is -2.23. The molecule has 0 atom stereocenters. The largest absolute Gasteiger partial charge is 0.350 e.